The summed E-state index contributed by atoms with van der Waals surface area (Å²) in [6.45, 7) is 6.64. The summed E-state index contributed by atoms with van der Waals surface area (Å²) in [5.41, 5.74) is 1.96. The van der Waals surface area contributed by atoms with E-state index in [9.17, 15) is 10.1 Å². The zero-order chi connectivity index (χ0) is 15.4. The number of benzene rings is 1. The standard InChI is InChI=1S/C16H20N2O3/c1-4-17-15(14-9-11(2)21-12(14)3)10-13-7-5-6-8-16(13)18(19)20/h5-9,15,17H,4,10H2,1-3H3. The van der Waals surface area contributed by atoms with Crippen molar-refractivity contribution in [2.75, 3.05) is 6.54 Å². The van der Waals surface area contributed by atoms with Gasteiger partial charge < -0.3 is 9.73 Å². The van der Waals surface area contributed by atoms with Gasteiger partial charge in [0.25, 0.3) is 5.69 Å². The summed E-state index contributed by atoms with van der Waals surface area (Å²) in [6.07, 6.45) is 0.560. The zero-order valence-electron chi connectivity index (χ0n) is 12.6. The molecule has 21 heavy (non-hydrogen) atoms. The Kier molecular flexibility index (Phi) is 4.75. The van der Waals surface area contributed by atoms with Crippen molar-refractivity contribution < 1.29 is 9.34 Å². The van der Waals surface area contributed by atoms with Crippen molar-refractivity contribution in [3.63, 3.8) is 0 Å². The van der Waals surface area contributed by atoms with Crippen molar-refractivity contribution >= 4 is 5.69 Å². The average molecular weight is 288 g/mol. The van der Waals surface area contributed by atoms with Crippen molar-refractivity contribution in [1.29, 1.82) is 0 Å². The van der Waals surface area contributed by atoms with Gasteiger partial charge in [-0.3, -0.25) is 10.1 Å². The molecule has 0 radical (unpaired) electrons. The first kappa shape index (κ1) is 15.3. The van der Waals surface area contributed by atoms with Crippen molar-refractivity contribution in [3.8, 4) is 0 Å². The molecule has 1 aromatic carbocycles. The fraction of sp³-hybridized carbons (Fsp3) is 0.375. The lowest BCUT2D eigenvalue weighted by atomic mass is 9.98. The maximum atomic E-state index is 11.1. The predicted molar refractivity (Wildman–Crippen MR) is 81.4 cm³/mol. The Bertz CT molecular complexity index is 634. The highest BCUT2D eigenvalue weighted by molar-refractivity contribution is 5.41. The van der Waals surface area contributed by atoms with Gasteiger partial charge in [0.2, 0.25) is 0 Å². The number of likely N-dealkylation sites (N-methyl/N-ethyl adjacent to an activating group) is 1. The van der Waals surface area contributed by atoms with Crippen LogP contribution in [-0.2, 0) is 6.42 Å². The molecule has 1 aromatic heterocycles. The lowest BCUT2D eigenvalue weighted by Gasteiger charge is -2.17. The minimum absolute atomic E-state index is 0.00792. The quantitative estimate of drug-likeness (QED) is 0.650. The van der Waals surface area contributed by atoms with Crippen molar-refractivity contribution in [1.82, 2.24) is 5.32 Å². The van der Waals surface area contributed by atoms with E-state index >= 15 is 0 Å². The molecule has 1 N–H and O–H groups in total. The SMILES string of the molecule is CCNC(Cc1ccccc1[N+](=O)[O-])c1cc(C)oc1C. The van der Waals surface area contributed by atoms with Crippen LogP contribution in [0.3, 0.4) is 0 Å². The topological polar surface area (TPSA) is 68.3 Å². The second kappa shape index (κ2) is 6.54. The van der Waals surface area contributed by atoms with Crippen LogP contribution < -0.4 is 5.32 Å². The van der Waals surface area contributed by atoms with Gasteiger partial charge in [-0.25, -0.2) is 0 Å². The first-order chi connectivity index (χ1) is 10.0. The van der Waals surface area contributed by atoms with E-state index in [1.54, 1.807) is 12.1 Å². The average Bonchev–Trinajstić information content (AvgIpc) is 2.77. The lowest BCUT2D eigenvalue weighted by molar-refractivity contribution is -0.385. The summed E-state index contributed by atoms with van der Waals surface area (Å²) >= 11 is 0. The van der Waals surface area contributed by atoms with Crippen molar-refractivity contribution in [2.24, 2.45) is 0 Å². The highest BCUT2D eigenvalue weighted by Crippen LogP contribution is 2.28. The van der Waals surface area contributed by atoms with Gasteiger partial charge in [0, 0.05) is 23.2 Å². The molecule has 0 aliphatic rings. The van der Waals surface area contributed by atoms with Gasteiger partial charge in [-0.2, -0.15) is 0 Å². The maximum Gasteiger partial charge on any atom is 0.272 e. The summed E-state index contributed by atoms with van der Waals surface area (Å²) in [5.74, 6) is 1.71. The molecule has 5 heteroatoms. The van der Waals surface area contributed by atoms with E-state index in [1.807, 2.05) is 39.0 Å². The molecule has 2 rings (SSSR count). The molecular formula is C16H20N2O3. The van der Waals surface area contributed by atoms with Crippen LogP contribution in [0, 0.1) is 24.0 Å². The van der Waals surface area contributed by atoms with E-state index in [2.05, 4.69) is 5.32 Å². The monoisotopic (exact) mass is 288 g/mol. The van der Waals surface area contributed by atoms with Crippen LogP contribution in [0.5, 0.6) is 0 Å². The van der Waals surface area contributed by atoms with Crippen LogP contribution in [-0.4, -0.2) is 11.5 Å². The molecule has 0 aliphatic carbocycles. The van der Waals surface area contributed by atoms with Crippen molar-refractivity contribution in [3.05, 3.63) is 63.1 Å². The molecule has 1 unspecified atom stereocenters. The Labute approximate surface area is 124 Å². The van der Waals surface area contributed by atoms with Crippen LogP contribution in [0.2, 0.25) is 0 Å². The number of rotatable bonds is 6. The van der Waals surface area contributed by atoms with Crippen molar-refractivity contribution in [2.45, 2.75) is 33.2 Å². The summed E-state index contributed by atoms with van der Waals surface area (Å²) in [7, 11) is 0. The summed E-state index contributed by atoms with van der Waals surface area (Å²) < 4.78 is 5.58. The van der Waals surface area contributed by atoms with Gasteiger partial charge in [0.15, 0.2) is 0 Å². The Morgan fingerprint density at radius 1 is 1.33 bits per heavy atom. The Balaban J connectivity index is 2.33. The maximum absolute atomic E-state index is 11.1. The number of hydrogen-bond acceptors (Lipinski definition) is 4. The Morgan fingerprint density at radius 2 is 2.05 bits per heavy atom. The fourth-order valence-electron chi connectivity index (χ4n) is 2.62. The van der Waals surface area contributed by atoms with Gasteiger partial charge >= 0.3 is 0 Å². The first-order valence-corrected chi connectivity index (χ1v) is 7.05. The normalized spacial score (nSPS) is 12.3. The van der Waals surface area contributed by atoms with Crippen LogP contribution >= 0.6 is 0 Å². The van der Waals surface area contributed by atoms with Gasteiger partial charge in [-0.15, -0.1) is 0 Å². The molecule has 0 bridgehead atoms. The minimum Gasteiger partial charge on any atom is -0.466 e. The number of aryl methyl sites for hydroxylation is 2. The number of hydrogen-bond donors (Lipinski definition) is 1. The van der Waals surface area contributed by atoms with Crippen LogP contribution in [0.15, 0.2) is 34.7 Å². The molecule has 0 saturated carbocycles. The fourth-order valence-corrected chi connectivity index (χ4v) is 2.62. The number of nitro benzene ring substituents is 1. The van der Waals surface area contributed by atoms with E-state index in [1.165, 1.54) is 0 Å². The molecule has 1 heterocycles. The van der Waals surface area contributed by atoms with E-state index < -0.39 is 0 Å². The third-order valence-corrected chi connectivity index (χ3v) is 3.52. The smallest absolute Gasteiger partial charge is 0.272 e. The first-order valence-electron chi connectivity index (χ1n) is 7.05. The molecular weight excluding hydrogens is 268 g/mol. The van der Waals surface area contributed by atoms with E-state index in [-0.39, 0.29) is 16.7 Å². The van der Waals surface area contributed by atoms with Crippen LogP contribution in [0.25, 0.3) is 0 Å². The van der Waals surface area contributed by atoms with Gasteiger partial charge in [-0.1, -0.05) is 25.1 Å². The van der Waals surface area contributed by atoms with Gasteiger partial charge in [-0.05, 0) is 32.9 Å². The van der Waals surface area contributed by atoms with Gasteiger partial charge in [0.05, 0.1) is 4.92 Å². The second-order valence-electron chi connectivity index (χ2n) is 5.07. The molecule has 5 nitrogen and oxygen atoms in total. The highest BCUT2D eigenvalue weighted by Gasteiger charge is 2.21. The molecule has 0 amide bonds. The summed E-state index contributed by atoms with van der Waals surface area (Å²) in [5, 5.41) is 14.5. The van der Waals surface area contributed by atoms with Gasteiger partial charge in [0.1, 0.15) is 11.5 Å². The largest absolute Gasteiger partial charge is 0.466 e. The third-order valence-electron chi connectivity index (χ3n) is 3.52. The van der Waals surface area contributed by atoms with E-state index in [0.717, 1.165) is 29.2 Å². The Hall–Kier alpha value is -2.14. The molecule has 0 aliphatic heterocycles. The van der Waals surface area contributed by atoms with E-state index in [0.29, 0.717) is 6.42 Å². The molecule has 2 aromatic rings. The second-order valence-corrected chi connectivity index (χ2v) is 5.07. The highest BCUT2D eigenvalue weighted by atomic mass is 16.6. The minimum atomic E-state index is -0.328. The molecule has 0 fully saturated rings. The van der Waals surface area contributed by atoms with Crippen LogP contribution in [0.4, 0.5) is 5.69 Å². The summed E-state index contributed by atoms with van der Waals surface area (Å²) in [4.78, 5) is 10.8. The molecule has 1 atom stereocenters. The predicted octanol–water partition coefficient (Wildman–Crippen LogP) is 3.70. The molecule has 112 valence electrons. The number of nitrogens with zero attached hydrogens (tertiary/aromatic N) is 1. The van der Waals surface area contributed by atoms with Crippen LogP contribution in [0.1, 0.15) is 35.6 Å². The zero-order valence-corrected chi connectivity index (χ0v) is 12.6. The third kappa shape index (κ3) is 3.49. The Morgan fingerprint density at radius 3 is 2.62 bits per heavy atom. The summed E-state index contributed by atoms with van der Waals surface area (Å²) in [6, 6.07) is 8.89. The number of para-hydroxylation sites is 1. The molecule has 0 saturated heterocycles. The number of nitrogens with one attached hydrogen (secondary N) is 1. The number of furan rings is 1. The lowest BCUT2D eigenvalue weighted by Crippen LogP contribution is -2.23. The molecule has 0 spiro atoms. The number of nitro groups is 1. The van der Waals surface area contributed by atoms with E-state index in [4.69, 9.17) is 4.42 Å².